The van der Waals surface area contributed by atoms with Gasteiger partial charge in [0.25, 0.3) is 0 Å². The third kappa shape index (κ3) is 6.83. The lowest BCUT2D eigenvalue weighted by Gasteiger charge is -2.33. The second-order valence-corrected chi connectivity index (χ2v) is 10.3. The number of ether oxygens (including phenoxy) is 1. The maximum Gasteiger partial charge on any atom is 0.225 e. The van der Waals surface area contributed by atoms with Crippen LogP contribution in [-0.2, 0) is 15.1 Å². The van der Waals surface area contributed by atoms with Crippen LogP contribution >= 0.6 is 11.6 Å². The van der Waals surface area contributed by atoms with Gasteiger partial charge in [-0.25, -0.2) is 0 Å². The number of hydrogen-bond donors (Lipinski definition) is 3. The van der Waals surface area contributed by atoms with Crippen molar-refractivity contribution in [1.82, 2.24) is 4.90 Å². The van der Waals surface area contributed by atoms with E-state index in [0.29, 0.717) is 43.9 Å². The molecular weight excluding hydrogens is 464 g/mol. The summed E-state index contributed by atoms with van der Waals surface area (Å²) in [4.78, 5) is 14.7. The third-order valence-electron chi connectivity index (χ3n) is 7.17. The number of hydrogen-bond acceptors (Lipinski definition) is 5. The summed E-state index contributed by atoms with van der Waals surface area (Å²) in [6.07, 6.45) is 2.71. The molecule has 6 nitrogen and oxygen atoms in total. The molecular formula is C28H39ClN2O4. The molecule has 4 atom stereocenters. The van der Waals surface area contributed by atoms with Gasteiger partial charge in [0.05, 0.1) is 11.7 Å². The molecule has 0 unspecified atom stereocenters. The van der Waals surface area contributed by atoms with E-state index in [1.165, 1.54) is 0 Å². The van der Waals surface area contributed by atoms with Gasteiger partial charge >= 0.3 is 0 Å². The van der Waals surface area contributed by atoms with Gasteiger partial charge in [0.1, 0.15) is 0 Å². The van der Waals surface area contributed by atoms with Crippen molar-refractivity contribution in [2.45, 2.75) is 63.2 Å². The van der Waals surface area contributed by atoms with Gasteiger partial charge in [0.15, 0.2) is 0 Å². The summed E-state index contributed by atoms with van der Waals surface area (Å²) in [5, 5.41) is 22.7. The van der Waals surface area contributed by atoms with Crippen molar-refractivity contribution in [1.29, 1.82) is 0 Å². The van der Waals surface area contributed by atoms with E-state index in [1.54, 1.807) is 19.1 Å². The molecule has 0 aliphatic heterocycles. The SMILES string of the molecule is COCCCC[C@](O)(CCN(C)C(=O)[C@H]1C[C@@H](N)[C@@H](O)C1)c1cccc(Cl)c1-c1cccc(C)c1. The molecule has 2 aromatic carbocycles. The smallest absolute Gasteiger partial charge is 0.225 e. The van der Waals surface area contributed by atoms with E-state index in [0.717, 1.165) is 35.1 Å². The number of nitrogens with two attached hydrogens (primary N) is 1. The largest absolute Gasteiger partial charge is 0.391 e. The van der Waals surface area contributed by atoms with Crippen molar-refractivity contribution in [3.63, 3.8) is 0 Å². The molecule has 0 spiro atoms. The molecule has 1 amide bonds. The number of benzene rings is 2. The highest BCUT2D eigenvalue weighted by atomic mass is 35.5. The number of carbonyl (C=O) groups is 1. The Kier molecular flexibility index (Phi) is 9.73. The molecule has 1 aliphatic rings. The van der Waals surface area contributed by atoms with Crippen LogP contribution in [0.4, 0.5) is 0 Å². The van der Waals surface area contributed by atoms with Gasteiger partial charge in [-0.15, -0.1) is 0 Å². The fraction of sp³-hybridized carbons (Fsp3) is 0.536. The number of methoxy groups -OCH3 is 1. The van der Waals surface area contributed by atoms with Gasteiger partial charge in [-0.3, -0.25) is 4.79 Å². The fourth-order valence-corrected chi connectivity index (χ4v) is 5.37. The summed E-state index contributed by atoms with van der Waals surface area (Å²) in [5.74, 6) is -0.322. The Labute approximate surface area is 214 Å². The molecule has 35 heavy (non-hydrogen) atoms. The van der Waals surface area contributed by atoms with Crippen molar-refractivity contribution in [3.8, 4) is 11.1 Å². The van der Waals surface area contributed by atoms with E-state index in [4.69, 9.17) is 22.1 Å². The molecule has 1 saturated carbocycles. The monoisotopic (exact) mass is 502 g/mol. The predicted molar refractivity (Wildman–Crippen MR) is 140 cm³/mol. The second kappa shape index (κ2) is 12.3. The third-order valence-corrected chi connectivity index (χ3v) is 7.49. The lowest BCUT2D eigenvalue weighted by atomic mass is 9.81. The zero-order chi connectivity index (χ0) is 25.6. The molecule has 4 N–H and O–H groups in total. The lowest BCUT2D eigenvalue weighted by Crippen LogP contribution is -2.37. The second-order valence-electron chi connectivity index (χ2n) is 9.92. The Morgan fingerprint density at radius 1 is 1.20 bits per heavy atom. The van der Waals surface area contributed by atoms with Crippen LogP contribution in [0.25, 0.3) is 11.1 Å². The first-order valence-corrected chi connectivity index (χ1v) is 12.8. The van der Waals surface area contributed by atoms with E-state index in [2.05, 4.69) is 6.07 Å². The number of unbranched alkanes of at least 4 members (excludes halogenated alkanes) is 1. The summed E-state index contributed by atoms with van der Waals surface area (Å²) in [6, 6.07) is 13.4. The minimum Gasteiger partial charge on any atom is -0.391 e. The number of nitrogens with zero attached hydrogens (tertiary/aromatic N) is 1. The van der Waals surface area contributed by atoms with Crippen molar-refractivity contribution in [2.75, 3.05) is 27.3 Å². The first-order valence-electron chi connectivity index (χ1n) is 12.4. The minimum absolute atomic E-state index is 0.0382. The highest BCUT2D eigenvalue weighted by Gasteiger charge is 2.37. The van der Waals surface area contributed by atoms with Crippen LogP contribution in [-0.4, -0.2) is 60.5 Å². The molecule has 0 saturated heterocycles. The van der Waals surface area contributed by atoms with Crippen LogP contribution in [0, 0.1) is 12.8 Å². The summed E-state index contributed by atoms with van der Waals surface area (Å²) >= 11 is 6.70. The fourth-order valence-electron chi connectivity index (χ4n) is 5.09. The molecule has 0 radical (unpaired) electrons. The molecule has 7 heteroatoms. The molecule has 0 heterocycles. The van der Waals surface area contributed by atoms with Crippen LogP contribution < -0.4 is 5.73 Å². The van der Waals surface area contributed by atoms with E-state index < -0.39 is 11.7 Å². The number of aliphatic hydroxyl groups excluding tert-OH is 1. The Balaban J connectivity index is 1.87. The average molecular weight is 503 g/mol. The van der Waals surface area contributed by atoms with Gasteiger partial charge in [-0.2, -0.15) is 0 Å². The van der Waals surface area contributed by atoms with Gasteiger partial charge < -0.3 is 25.6 Å². The predicted octanol–water partition coefficient (Wildman–Crippen LogP) is 4.27. The number of rotatable bonds is 11. The Hall–Kier alpha value is -1.96. The number of halogens is 1. The summed E-state index contributed by atoms with van der Waals surface area (Å²) in [6.45, 7) is 3.03. The zero-order valence-electron chi connectivity index (χ0n) is 21.0. The van der Waals surface area contributed by atoms with Crippen molar-refractivity contribution < 1.29 is 19.7 Å². The zero-order valence-corrected chi connectivity index (χ0v) is 21.8. The van der Waals surface area contributed by atoms with E-state index in [-0.39, 0.29) is 17.9 Å². The maximum absolute atomic E-state index is 13.0. The van der Waals surface area contributed by atoms with Crippen LogP contribution in [0.15, 0.2) is 42.5 Å². The maximum atomic E-state index is 13.0. The number of aryl methyl sites for hydroxylation is 1. The molecule has 2 aromatic rings. The van der Waals surface area contributed by atoms with E-state index in [1.807, 2.05) is 43.3 Å². The quantitative estimate of drug-likeness (QED) is 0.399. The molecule has 3 rings (SSSR count). The van der Waals surface area contributed by atoms with Gasteiger partial charge in [-0.1, -0.05) is 53.6 Å². The molecule has 0 bridgehead atoms. The first kappa shape index (κ1) is 27.6. The highest BCUT2D eigenvalue weighted by molar-refractivity contribution is 6.33. The molecule has 1 fully saturated rings. The van der Waals surface area contributed by atoms with Crippen molar-refractivity contribution >= 4 is 17.5 Å². The summed E-state index contributed by atoms with van der Waals surface area (Å²) in [7, 11) is 3.43. The number of amides is 1. The first-order chi connectivity index (χ1) is 16.7. The van der Waals surface area contributed by atoms with Crippen LogP contribution in [0.2, 0.25) is 5.02 Å². The molecule has 0 aromatic heterocycles. The standard InChI is InChI=1S/C28H39ClN2O4/c1-19-8-6-9-20(16-19)26-22(10-7-11-23(26)29)28(34,12-4-5-15-35-3)13-14-31(2)27(33)21-17-24(30)25(32)18-21/h6-11,16,21,24-25,32,34H,4-5,12-15,17-18,30H2,1-3H3/t21-,24+,25-,28-/m0/s1. The Bertz CT molecular complexity index is 991. The summed E-state index contributed by atoms with van der Waals surface area (Å²) in [5.41, 5.74) is 8.40. The van der Waals surface area contributed by atoms with Crippen molar-refractivity contribution in [3.05, 3.63) is 58.6 Å². The highest BCUT2D eigenvalue weighted by Crippen LogP contribution is 2.41. The van der Waals surface area contributed by atoms with E-state index in [9.17, 15) is 15.0 Å². The summed E-state index contributed by atoms with van der Waals surface area (Å²) < 4.78 is 5.21. The normalized spacial score (nSPS) is 21.6. The van der Waals surface area contributed by atoms with Gasteiger partial charge in [-0.05, 0) is 62.6 Å². The lowest BCUT2D eigenvalue weighted by molar-refractivity contribution is -0.135. The topological polar surface area (TPSA) is 96.0 Å². The molecule has 1 aliphatic carbocycles. The van der Waals surface area contributed by atoms with Gasteiger partial charge in [0.2, 0.25) is 5.91 Å². The average Bonchev–Trinajstić information content (AvgIpc) is 3.17. The van der Waals surface area contributed by atoms with Gasteiger partial charge in [0, 0.05) is 49.9 Å². The van der Waals surface area contributed by atoms with Crippen molar-refractivity contribution in [2.24, 2.45) is 11.7 Å². The van der Waals surface area contributed by atoms with Crippen LogP contribution in [0.5, 0.6) is 0 Å². The minimum atomic E-state index is -1.18. The van der Waals surface area contributed by atoms with Crippen LogP contribution in [0.1, 0.15) is 49.7 Å². The van der Waals surface area contributed by atoms with Crippen LogP contribution in [0.3, 0.4) is 0 Å². The number of aliphatic hydroxyl groups is 2. The number of carbonyl (C=O) groups excluding carboxylic acids is 1. The molecule has 192 valence electrons. The Morgan fingerprint density at radius 3 is 2.60 bits per heavy atom. The Morgan fingerprint density at radius 2 is 1.94 bits per heavy atom. The van der Waals surface area contributed by atoms with E-state index >= 15 is 0 Å².